The van der Waals surface area contributed by atoms with E-state index in [9.17, 15) is 14.0 Å². The van der Waals surface area contributed by atoms with Gasteiger partial charge in [-0.1, -0.05) is 35.3 Å². The van der Waals surface area contributed by atoms with E-state index in [0.29, 0.717) is 36.5 Å². The molecule has 0 spiro atoms. The summed E-state index contributed by atoms with van der Waals surface area (Å²) in [7, 11) is 0. The van der Waals surface area contributed by atoms with E-state index >= 15 is 0 Å². The standard InChI is InChI=1S/C19H17Cl2FN2O2/c20-13-3-1-12(2-4-13)7-10-23-17(25)19(8-9-19)18(26)24-14-5-6-16(22)15(21)11-14/h1-6,11H,7-10H2,(H,23,25)(H,24,26). The van der Waals surface area contributed by atoms with Crippen LogP contribution < -0.4 is 10.6 Å². The van der Waals surface area contributed by atoms with Crippen LogP contribution in [0.25, 0.3) is 0 Å². The Morgan fingerprint density at radius 3 is 2.35 bits per heavy atom. The maximum Gasteiger partial charge on any atom is 0.240 e. The van der Waals surface area contributed by atoms with Crippen LogP contribution in [0, 0.1) is 11.2 Å². The Labute approximate surface area is 160 Å². The molecule has 0 bridgehead atoms. The Hall–Kier alpha value is -2.11. The Bertz CT molecular complexity index is 836. The van der Waals surface area contributed by atoms with E-state index in [1.54, 1.807) is 12.1 Å². The van der Waals surface area contributed by atoms with E-state index in [0.717, 1.165) is 5.56 Å². The number of benzene rings is 2. The Balaban J connectivity index is 1.55. The van der Waals surface area contributed by atoms with Crippen LogP contribution in [0.5, 0.6) is 0 Å². The molecule has 3 rings (SSSR count). The highest BCUT2D eigenvalue weighted by Crippen LogP contribution is 2.46. The average molecular weight is 395 g/mol. The Morgan fingerprint density at radius 2 is 1.73 bits per heavy atom. The largest absolute Gasteiger partial charge is 0.355 e. The number of carbonyl (C=O) groups is 2. The highest BCUT2D eigenvalue weighted by atomic mass is 35.5. The van der Waals surface area contributed by atoms with Gasteiger partial charge in [-0.25, -0.2) is 4.39 Å². The van der Waals surface area contributed by atoms with Gasteiger partial charge < -0.3 is 10.6 Å². The van der Waals surface area contributed by atoms with E-state index in [1.807, 2.05) is 12.1 Å². The zero-order valence-electron chi connectivity index (χ0n) is 13.8. The molecule has 0 saturated heterocycles. The van der Waals surface area contributed by atoms with Gasteiger partial charge in [-0.2, -0.15) is 0 Å². The van der Waals surface area contributed by atoms with Crippen LogP contribution in [0.15, 0.2) is 42.5 Å². The minimum atomic E-state index is -1.05. The van der Waals surface area contributed by atoms with Crippen LogP contribution in [0.4, 0.5) is 10.1 Å². The third-order valence-corrected chi connectivity index (χ3v) is 4.95. The van der Waals surface area contributed by atoms with Crippen molar-refractivity contribution in [1.82, 2.24) is 5.32 Å². The number of carbonyl (C=O) groups excluding carboxylic acids is 2. The van der Waals surface area contributed by atoms with Crippen LogP contribution >= 0.6 is 23.2 Å². The summed E-state index contributed by atoms with van der Waals surface area (Å²) < 4.78 is 13.2. The molecule has 136 valence electrons. The molecule has 0 aromatic heterocycles. The molecule has 7 heteroatoms. The maximum absolute atomic E-state index is 13.2. The third-order valence-electron chi connectivity index (χ3n) is 4.41. The number of anilines is 1. The van der Waals surface area contributed by atoms with Crippen molar-refractivity contribution in [3.05, 3.63) is 63.9 Å². The van der Waals surface area contributed by atoms with Gasteiger partial charge in [-0.05, 0) is 55.2 Å². The monoisotopic (exact) mass is 394 g/mol. The molecular formula is C19H17Cl2FN2O2. The zero-order chi connectivity index (χ0) is 18.7. The average Bonchev–Trinajstić information content (AvgIpc) is 3.42. The fourth-order valence-electron chi connectivity index (χ4n) is 2.65. The number of hydrogen-bond donors (Lipinski definition) is 2. The molecule has 0 radical (unpaired) electrons. The normalized spacial score (nSPS) is 14.6. The van der Waals surface area contributed by atoms with Crippen LogP contribution in [0.3, 0.4) is 0 Å². The molecule has 0 heterocycles. The minimum Gasteiger partial charge on any atom is -0.355 e. The topological polar surface area (TPSA) is 58.2 Å². The van der Waals surface area contributed by atoms with Crippen molar-refractivity contribution < 1.29 is 14.0 Å². The van der Waals surface area contributed by atoms with Gasteiger partial charge in [-0.15, -0.1) is 0 Å². The summed E-state index contributed by atoms with van der Waals surface area (Å²) in [6, 6.07) is 11.3. The second-order valence-electron chi connectivity index (χ2n) is 6.30. The maximum atomic E-state index is 13.2. The van der Waals surface area contributed by atoms with Crippen molar-refractivity contribution in [2.45, 2.75) is 19.3 Å². The lowest BCUT2D eigenvalue weighted by Gasteiger charge is -2.15. The highest BCUT2D eigenvalue weighted by molar-refractivity contribution is 6.31. The molecule has 2 aromatic carbocycles. The number of nitrogens with one attached hydrogen (secondary N) is 2. The number of amides is 2. The SMILES string of the molecule is O=C(NCCc1ccc(Cl)cc1)C1(C(=O)Nc2ccc(F)c(Cl)c2)CC1. The first kappa shape index (κ1) is 18.7. The Morgan fingerprint density at radius 1 is 1.04 bits per heavy atom. The second kappa shape index (κ2) is 7.64. The van der Waals surface area contributed by atoms with Crippen molar-refractivity contribution in [2.24, 2.45) is 5.41 Å². The van der Waals surface area contributed by atoms with Gasteiger partial charge in [0.1, 0.15) is 11.2 Å². The lowest BCUT2D eigenvalue weighted by atomic mass is 10.0. The predicted octanol–water partition coefficient (Wildman–Crippen LogP) is 4.21. The molecule has 2 N–H and O–H groups in total. The van der Waals surface area contributed by atoms with E-state index in [2.05, 4.69) is 10.6 Å². The molecule has 0 aliphatic heterocycles. The quantitative estimate of drug-likeness (QED) is 0.720. The molecule has 1 aliphatic rings. The van der Waals surface area contributed by atoms with Gasteiger partial charge in [-0.3, -0.25) is 9.59 Å². The summed E-state index contributed by atoms with van der Waals surface area (Å²) in [6.07, 6.45) is 1.62. The summed E-state index contributed by atoms with van der Waals surface area (Å²) in [4.78, 5) is 24.9. The Kier molecular flexibility index (Phi) is 5.49. The molecular weight excluding hydrogens is 378 g/mol. The molecule has 26 heavy (non-hydrogen) atoms. The molecule has 1 saturated carbocycles. The van der Waals surface area contributed by atoms with E-state index in [4.69, 9.17) is 23.2 Å². The fraction of sp³-hybridized carbons (Fsp3) is 0.263. The van der Waals surface area contributed by atoms with Crippen LogP contribution in [0.2, 0.25) is 10.0 Å². The van der Waals surface area contributed by atoms with Crippen molar-refractivity contribution in [3.63, 3.8) is 0 Å². The van der Waals surface area contributed by atoms with Crippen LogP contribution in [-0.2, 0) is 16.0 Å². The lowest BCUT2D eigenvalue weighted by molar-refractivity contribution is -0.134. The second-order valence-corrected chi connectivity index (χ2v) is 7.14. The summed E-state index contributed by atoms with van der Waals surface area (Å²) in [5.41, 5.74) is 0.354. The van der Waals surface area contributed by atoms with Crippen molar-refractivity contribution >= 4 is 40.7 Å². The summed E-state index contributed by atoms with van der Waals surface area (Å²) in [6.45, 7) is 0.428. The zero-order valence-corrected chi connectivity index (χ0v) is 15.3. The van der Waals surface area contributed by atoms with Gasteiger partial charge >= 0.3 is 0 Å². The lowest BCUT2D eigenvalue weighted by Crippen LogP contribution is -2.40. The highest BCUT2D eigenvalue weighted by Gasteiger charge is 2.56. The molecule has 0 unspecified atom stereocenters. The number of hydrogen-bond acceptors (Lipinski definition) is 2. The first-order chi connectivity index (χ1) is 12.4. The molecule has 1 aliphatic carbocycles. The van der Waals surface area contributed by atoms with Gasteiger partial charge in [0, 0.05) is 17.3 Å². The fourth-order valence-corrected chi connectivity index (χ4v) is 2.95. The molecule has 2 aromatic rings. The first-order valence-corrected chi connectivity index (χ1v) is 8.95. The molecule has 0 atom stereocenters. The first-order valence-electron chi connectivity index (χ1n) is 8.20. The van der Waals surface area contributed by atoms with E-state index in [1.165, 1.54) is 18.2 Å². The van der Waals surface area contributed by atoms with Gasteiger partial charge in [0.05, 0.1) is 5.02 Å². The summed E-state index contributed by atoms with van der Waals surface area (Å²) in [5, 5.41) is 6.04. The number of rotatable bonds is 6. The molecule has 2 amide bonds. The van der Waals surface area contributed by atoms with Gasteiger partial charge in [0.25, 0.3) is 0 Å². The summed E-state index contributed by atoms with van der Waals surface area (Å²) in [5.74, 6) is -1.26. The number of halogens is 3. The van der Waals surface area contributed by atoms with Crippen LogP contribution in [0.1, 0.15) is 18.4 Å². The molecule has 4 nitrogen and oxygen atoms in total. The van der Waals surface area contributed by atoms with Crippen molar-refractivity contribution in [1.29, 1.82) is 0 Å². The van der Waals surface area contributed by atoms with Crippen LogP contribution in [-0.4, -0.2) is 18.4 Å². The summed E-state index contributed by atoms with van der Waals surface area (Å²) >= 11 is 11.6. The van der Waals surface area contributed by atoms with Crippen molar-refractivity contribution in [2.75, 3.05) is 11.9 Å². The third kappa shape index (κ3) is 4.17. The predicted molar refractivity (Wildman–Crippen MR) is 99.9 cm³/mol. The van der Waals surface area contributed by atoms with Crippen molar-refractivity contribution in [3.8, 4) is 0 Å². The van der Waals surface area contributed by atoms with Gasteiger partial charge in [0.15, 0.2) is 0 Å². The van der Waals surface area contributed by atoms with E-state index < -0.39 is 17.1 Å². The van der Waals surface area contributed by atoms with Gasteiger partial charge in [0.2, 0.25) is 11.8 Å². The smallest absolute Gasteiger partial charge is 0.240 e. The molecule has 1 fully saturated rings. The van der Waals surface area contributed by atoms with E-state index in [-0.39, 0.29) is 10.9 Å². The minimum absolute atomic E-state index is 0.0833.